The molecule has 40 valence electrons. The lowest BCUT2D eigenvalue weighted by molar-refractivity contribution is 1.39. The van der Waals surface area contributed by atoms with E-state index in [1.807, 2.05) is 0 Å². The van der Waals surface area contributed by atoms with Gasteiger partial charge >= 0.3 is 0 Å². The molecule has 0 saturated heterocycles. The van der Waals surface area contributed by atoms with Crippen molar-refractivity contribution in [2.24, 2.45) is 11.5 Å². The zero-order chi connectivity index (χ0) is 6.28. The summed E-state index contributed by atoms with van der Waals surface area (Å²) in [5.41, 5.74) is 22.4. The molecule has 0 aromatic carbocycles. The monoisotopic (exact) mass is 101 g/mol. The molecule has 5 N–H and O–H groups in total. The Morgan fingerprint density at radius 1 is 1.43 bits per heavy atom. The number of hydrogen-bond donors (Lipinski definition) is 3. The van der Waals surface area contributed by atoms with Crippen LogP contribution in [0.3, 0.4) is 0 Å². The van der Waals surface area contributed by atoms with Gasteiger partial charge in [-0.3, -0.25) is 10.3 Å². The molecule has 0 spiro atoms. The number of rotatable bonds is 0. The van der Waals surface area contributed by atoms with E-state index in [1.165, 1.54) is 4.91 Å². The topological polar surface area (TPSA) is 135 Å². The normalized spacial score (nSPS) is 4.57. The summed E-state index contributed by atoms with van der Waals surface area (Å²) < 4.78 is 0. The van der Waals surface area contributed by atoms with Gasteiger partial charge in [0.15, 0.2) is 5.96 Å². The second-order valence-electron chi connectivity index (χ2n) is 0.545. The van der Waals surface area contributed by atoms with Crippen LogP contribution >= 0.6 is 0 Å². The van der Waals surface area contributed by atoms with Crippen LogP contribution in [0, 0.1) is 5.41 Å². The van der Waals surface area contributed by atoms with E-state index in [0.717, 1.165) is 0 Å². The number of nitrogens with zero attached hydrogens (tertiary/aromatic N) is 3. The minimum Gasteiger partial charge on any atom is -0.373 e. The molecule has 0 rings (SSSR count). The minimum absolute atomic E-state index is 0.333. The molecular weight excluding hydrogens is 96.1 g/mol. The molecule has 0 aromatic heterocycles. The van der Waals surface area contributed by atoms with Crippen LogP contribution in [0.15, 0.2) is 0 Å². The SMILES string of the molecule is N=C(N)N.[N-]=[N+]=[N-]. The Hall–Kier alpha value is -1.42. The average Bonchev–Trinajstić information content (AvgIpc) is 1.33. The van der Waals surface area contributed by atoms with Crippen molar-refractivity contribution < 1.29 is 0 Å². The Bertz CT molecular complexity index is 72.2. The molecule has 0 amide bonds. The van der Waals surface area contributed by atoms with Crippen molar-refractivity contribution in [2.75, 3.05) is 0 Å². The van der Waals surface area contributed by atoms with Crippen LogP contribution in [-0.4, -0.2) is 5.96 Å². The van der Waals surface area contributed by atoms with E-state index in [1.54, 1.807) is 0 Å². The van der Waals surface area contributed by atoms with E-state index in [-0.39, 0.29) is 5.96 Å². The predicted octanol–water partition coefficient (Wildman–Crippen LogP) is -0.295. The van der Waals surface area contributed by atoms with Crippen LogP contribution in [0.25, 0.3) is 16.0 Å². The van der Waals surface area contributed by atoms with E-state index in [4.69, 9.17) is 16.5 Å². The first kappa shape index (κ1) is 9.13. The Morgan fingerprint density at radius 3 is 1.43 bits per heavy atom. The maximum atomic E-state index is 6.75. The summed E-state index contributed by atoms with van der Waals surface area (Å²) in [6.45, 7) is 0. The fraction of sp³-hybridized carbons (Fsp3) is 0. The number of hydrogen-bond acceptors (Lipinski definition) is 1. The molecule has 0 aliphatic carbocycles. The number of nitrogens with two attached hydrogens (primary N) is 2. The summed E-state index contributed by atoms with van der Waals surface area (Å²) in [7, 11) is 0. The van der Waals surface area contributed by atoms with Crippen LogP contribution in [0.5, 0.6) is 0 Å². The van der Waals surface area contributed by atoms with E-state index in [2.05, 4.69) is 11.5 Å². The van der Waals surface area contributed by atoms with E-state index in [9.17, 15) is 0 Å². The molecule has 0 aliphatic rings. The largest absolute Gasteiger partial charge is 0.373 e. The highest BCUT2D eigenvalue weighted by atomic mass is 15.0. The first-order valence-corrected chi connectivity index (χ1v) is 1.23. The van der Waals surface area contributed by atoms with Crippen molar-refractivity contribution >= 4 is 5.96 Å². The Labute approximate surface area is 40.0 Å². The maximum Gasteiger partial charge on any atom is 0.183 e. The molecule has 6 nitrogen and oxygen atoms in total. The van der Waals surface area contributed by atoms with Gasteiger partial charge in [-0.2, -0.15) is 0 Å². The first-order chi connectivity index (χ1) is 3.15. The molecule has 0 aromatic rings. The van der Waals surface area contributed by atoms with Crippen LogP contribution in [0.2, 0.25) is 0 Å². The molecule has 0 unspecified atom stereocenters. The van der Waals surface area contributed by atoms with Crippen molar-refractivity contribution in [3.8, 4) is 0 Å². The van der Waals surface area contributed by atoms with E-state index >= 15 is 0 Å². The summed E-state index contributed by atoms with van der Waals surface area (Å²) in [6, 6.07) is 0. The van der Waals surface area contributed by atoms with Crippen LogP contribution in [0.1, 0.15) is 0 Å². The lowest BCUT2D eigenvalue weighted by Crippen LogP contribution is -2.20. The van der Waals surface area contributed by atoms with Gasteiger partial charge in [-0.25, -0.2) is 0 Å². The highest BCUT2D eigenvalue weighted by molar-refractivity contribution is 5.71. The maximum absolute atomic E-state index is 6.75. The molecular formula is CH5N6-. The fourth-order valence-corrected chi connectivity index (χ4v) is 0. The molecule has 7 heavy (non-hydrogen) atoms. The highest BCUT2D eigenvalue weighted by Gasteiger charge is 1.52. The third kappa shape index (κ3) is 15.1. The summed E-state index contributed by atoms with van der Waals surface area (Å²) >= 11 is 0. The predicted molar refractivity (Wildman–Crippen MR) is 26.2 cm³/mol. The van der Waals surface area contributed by atoms with Crippen LogP contribution in [0.4, 0.5) is 0 Å². The fourth-order valence-electron chi connectivity index (χ4n) is 0. The summed E-state index contributed by atoms with van der Waals surface area (Å²) in [4.78, 5) is 1.50. The quantitative estimate of drug-likeness (QED) is 0.127. The van der Waals surface area contributed by atoms with Crippen molar-refractivity contribution in [3.63, 3.8) is 0 Å². The third-order valence-corrected chi connectivity index (χ3v) is 0. The zero-order valence-electron chi connectivity index (χ0n) is 3.50. The van der Waals surface area contributed by atoms with E-state index < -0.39 is 0 Å². The molecule has 0 fully saturated rings. The molecule has 0 heterocycles. The average molecular weight is 101 g/mol. The first-order valence-electron chi connectivity index (χ1n) is 1.23. The van der Waals surface area contributed by atoms with Gasteiger partial charge in [0.05, 0.1) is 0 Å². The van der Waals surface area contributed by atoms with Crippen molar-refractivity contribution in [1.82, 2.24) is 0 Å². The molecule has 0 radical (unpaired) electrons. The Balaban J connectivity index is 0. The standard InChI is InChI=1S/CH5N3.N3/c2-1(3)4;1-3-2/h(H5,2,3,4);/q;-1. The molecule has 0 atom stereocenters. The summed E-state index contributed by atoms with van der Waals surface area (Å²) in [5.74, 6) is -0.333. The van der Waals surface area contributed by atoms with Gasteiger partial charge in [-0.15, -0.1) is 0 Å². The molecule has 0 bridgehead atoms. The van der Waals surface area contributed by atoms with Gasteiger partial charge in [0.25, 0.3) is 0 Å². The second-order valence-corrected chi connectivity index (χ2v) is 0.545. The van der Waals surface area contributed by atoms with Gasteiger partial charge < -0.3 is 22.5 Å². The lowest BCUT2D eigenvalue weighted by atomic mass is 11.1. The zero-order valence-corrected chi connectivity index (χ0v) is 3.50. The second kappa shape index (κ2) is 8.82. The number of nitrogens with one attached hydrogen (secondary N) is 1. The van der Waals surface area contributed by atoms with Gasteiger partial charge in [0.1, 0.15) is 0 Å². The van der Waals surface area contributed by atoms with Gasteiger partial charge in [0, 0.05) is 0 Å². The van der Waals surface area contributed by atoms with Crippen LogP contribution < -0.4 is 11.5 Å². The van der Waals surface area contributed by atoms with E-state index in [0.29, 0.717) is 0 Å². The molecule has 0 aliphatic heterocycles. The lowest BCUT2D eigenvalue weighted by Gasteiger charge is -1.69. The van der Waals surface area contributed by atoms with Crippen molar-refractivity contribution in [3.05, 3.63) is 16.0 Å². The number of guanidine groups is 1. The Kier molecular flexibility index (Phi) is 11.5. The van der Waals surface area contributed by atoms with Gasteiger partial charge in [-0.1, -0.05) is 0 Å². The van der Waals surface area contributed by atoms with Gasteiger partial charge in [0.2, 0.25) is 0 Å². The summed E-state index contributed by atoms with van der Waals surface area (Å²) in [6.07, 6.45) is 0. The highest BCUT2D eigenvalue weighted by Crippen LogP contribution is 1.29. The van der Waals surface area contributed by atoms with Crippen LogP contribution in [-0.2, 0) is 0 Å². The summed E-state index contributed by atoms with van der Waals surface area (Å²) in [5, 5.41) is 6.06. The Morgan fingerprint density at radius 2 is 1.43 bits per heavy atom. The van der Waals surface area contributed by atoms with Crippen molar-refractivity contribution in [2.45, 2.75) is 0 Å². The van der Waals surface area contributed by atoms with Crippen molar-refractivity contribution in [1.29, 1.82) is 5.41 Å². The third-order valence-electron chi connectivity index (χ3n) is 0. The molecule has 0 saturated carbocycles. The van der Waals surface area contributed by atoms with Gasteiger partial charge in [-0.05, 0) is 0 Å². The minimum atomic E-state index is -0.333. The molecule has 6 heteroatoms. The smallest absolute Gasteiger partial charge is 0.183 e.